The Balaban J connectivity index is 2.35. The van der Waals surface area contributed by atoms with E-state index in [1.54, 1.807) is 0 Å². The Morgan fingerprint density at radius 2 is 1.93 bits per heavy atom. The van der Waals surface area contributed by atoms with E-state index in [9.17, 15) is 14.0 Å². The Morgan fingerprint density at radius 3 is 2.36 bits per heavy atom. The number of hydrogen-bond acceptors (Lipinski definition) is 2. The second kappa shape index (κ2) is 4.93. The van der Waals surface area contributed by atoms with Gasteiger partial charge in [-0.3, -0.25) is 14.0 Å². The summed E-state index contributed by atoms with van der Waals surface area (Å²) in [5.74, 6) is -1.19. The molecule has 1 heterocycles. The van der Waals surface area contributed by atoms with Crippen molar-refractivity contribution in [1.29, 1.82) is 0 Å². The third-order valence-corrected chi connectivity index (χ3v) is 2.63. The maximum absolute atomic E-state index is 12.0. The summed E-state index contributed by atoms with van der Waals surface area (Å²) in [6, 6.07) is 0. The van der Waals surface area contributed by atoms with Gasteiger partial charge >= 0.3 is 11.8 Å². The lowest BCUT2D eigenvalue weighted by Crippen LogP contribution is -2.44. The van der Waals surface area contributed by atoms with Crippen molar-refractivity contribution >= 4 is 11.8 Å². The molecule has 4 nitrogen and oxygen atoms in total. The molecule has 1 aliphatic rings. The fourth-order valence-corrected chi connectivity index (χ4v) is 1.73. The van der Waals surface area contributed by atoms with Crippen LogP contribution in [0.3, 0.4) is 0 Å². The molecule has 0 aliphatic carbocycles. The molecule has 0 radical (unpaired) electrons. The van der Waals surface area contributed by atoms with Crippen LogP contribution in [0.15, 0.2) is 0 Å². The monoisotopic (exact) mass is 202 g/mol. The highest BCUT2D eigenvalue weighted by atomic mass is 19.1. The van der Waals surface area contributed by atoms with Crippen molar-refractivity contribution in [3.63, 3.8) is 0 Å². The maximum Gasteiger partial charge on any atom is 0.311 e. The molecule has 5 heteroatoms. The summed E-state index contributed by atoms with van der Waals surface area (Å²) >= 11 is 0. The quantitative estimate of drug-likeness (QED) is 0.644. The average Bonchev–Trinajstić information content (AvgIpc) is 2.18. The first-order valence-corrected chi connectivity index (χ1v) is 4.79. The molecular weight excluding hydrogens is 187 g/mol. The van der Waals surface area contributed by atoms with Gasteiger partial charge in [-0.2, -0.15) is 0 Å². The topological polar surface area (TPSA) is 63.4 Å². The summed E-state index contributed by atoms with van der Waals surface area (Å²) in [6.07, 6.45) is 2.09. The standard InChI is InChI=1S/C9H15FN2O2/c10-4-1-7-2-5-12(6-3-7)9(14)8(11)13/h7H,1-6H2,(H2,11,13). The minimum absolute atomic E-state index is 0.311. The van der Waals surface area contributed by atoms with Gasteiger partial charge in [0.2, 0.25) is 0 Å². The van der Waals surface area contributed by atoms with Crippen LogP contribution in [0.1, 0.15) is 19.3 Å². The highest BCUT2D eigenvalue weighted by Crippen LogP contribution is 2.20. The Kier molecular flexibility index (Phi) is 3.85. The van der Waals surface area contributed by atoms with Gasteiger partial charge in [0, 0.05) is 13.1 Å². The molecule has 1 saturated heterocycles. The van der Waals surface area contributed by atoms with E-state index < -0.39 is 11.8 Å². The summed E-state index contributed by atoms with van der Waals surface area (Å²) in [7, 11) is 0. The van der Waals surface area contributed by atoms with Crippen molar-refractivity contribution in [2.24, 2.45) is 11.7 Å². The highest BCUT2D eigenvalue weighted by molar-refractivity contribution is 6.34. The molecule has 2 N–H and O–H groups in total. The maximum atomic E-state index is 12.0. The molecule has 80 valence electrons. The van der Waals surface area contributed by atoms with Crippen molar-refractivity contribution in [3.8, 4) is 0 Å². The van der Waals surface area contributed by atoms with E-state index in [1.807, 2.05) is 0 Å². The van der Waals surface area contributed by atoms with Crippen LogP contribution < -0.4 is 5.73 Å². The zero-order valence-corrected chi connectivity index (χ0v) is 8.04. The second-order valence-corrected chi connectivity index (χ2v) is 3.58. The number of halogens is 1. The summed E-state index contributed by atoms with van der Waals surface area (Å²) in [4.78, 5) is 23.2. The number of amides is 2. The van der Waals surface area contributed by atoms with Gasteiger partial charge in [-0.05, 0) is 25.2 Å². The number of piperidine rings is 1. The third-order valence-electron chi connectivity index (χ3n) is 2.63. The van der Waals surface area contributed by atoms with Gasteiger partial charge in [-0.1, -0.05) is 0 Å². The number of alkyl halides is 1. The minimum atomic E-state index is -0.908. The molecule has 1 aliphatic heterocycles. The molecule has 0 atom stereocenters. The lowest BCUT2D eigenvalue weighted by atomic mass is 9.94. The molecule has 2 amide bonds. The predicted octanol–water partition coefficient (Wildman–Crippen LogP) is 0.0699. The largest absolute Gasteiger partial charge is 0.361 e. The van der Waals surface area contributed by atoms with E-state index >= 15 is 0 Å². The summed E-state index contributed by atoms with van der Waals surface area (Å²) in [5, 5.41) is 0. The number of rotatable bonds is 2. The van der Waals surface area contributed by atoms with Gasteiger partial charge < -0.3 is 10.6 Å². The van der Waals surface area contributed by atoms with Crippen molar-refractivity contribution in [1.82, 2.24) is 4.90 Å². The third kappa shape index (κ3) is 2.68. The van der Waals surface area contributed by atoms with Crippen molar-refractivity contribution < 1.29 is 14.0 Å². The van der Waals surface area contributed by atoms with E-state index in [4.69, 9.17) is 5.73 Å². The summed E-state index contributed by atoms with van der Waals surface area (Å²) in [5.41, 5.74) is 4.87. The number of carbonyl (C=O) groups excluding carboxylic acids is 2. The van der Waals surface area contributed by atoms with Crippen LogP contribution in [-0.4, -0.2) is 36.5 Å². The van der Waals surface area contributed by atoms with E-state index in [2.05, 4.69) is 0 Å². The van der Waals surface area contributed by atoms with Crippen LogP contribution in [0.25, 0.3) is 0 Å². The molecule has 0 aromatic heterocycles. The van der Waals surface area contributed by atoms with Crippen LogP contribution >= 0.6 is 0 Å². The van der Waals surface area contributed by atoms with Crippen LogP contribution in [-0.2, 0) is 9.59 Å². The molecule has 0 bridgehead atoms. The van der Waals surface area contributed by atoms with Crippen LogP contribution in [0.4, 0.5) is 4.39 Å². The Hall–Kier alpha value is -1.13. The zero-order valence-electron chi connectivity index (χ0n) is 8.04. The Morgan fingerprint density at radius 1 is 1.36 bits per heavy atom. The van der Waals surface area contributed by atoms with E-state index in [-0.39, 0.29) is 6.67 Å². The number of primary amides is 1. The second-order valence-electron chi connectivity index (χ2n) is 3.58. The molecule has 0 aromatic carbocycles. The fraction of sp³-hybridized carbons (Fsp3) is 0.778. The van der Waals surface area contributed by atoms with Gasteiger partial charge in [0.05, 0.1) is 6.67 Å². The smallest absolute Gasteiger partial charge is 0.311 e. The summed E-state index contributed by atoms with van der Waals surface area (Å²) in [6.45, 7) is 0.729. The number of nitrogens with zero attached hydrogens (tertiary/aromatic N) is 1. The van der Waals surface area contributed by atoms with Crippen LogP contribution in [0, 0.1) is 5.92 Å². The van der Waals surface area contributed by atoms with E-state index in [1.165, 1.54) is 4.90 Å². The molecule has 1 fully saturated rings. The fourth-order valence-electron chi connectivity index (χ4n) is 1.73. The lowest BCUT2D eigenvalue weighted by molar-refractivity contribution is -0.145. The van der Waals surface area contributed by atoms with Gasteiger partial charge in [0.15, 0.2) is 0 Å². The SMILES string of the molecule is NC(=O)C(=O)N1CCC(CCF)CC1. The molecule has 0 aromatic rings. The number of carbonyl (C=O) groups is 2. The van der Waals surface area contributed by atoms with Crippen molar-refractivity contribution in [2.75, 3.05) is 19.8 Å². The molecule has 0 unspecified atom stereocenters. The van der Waals surface area contributed by atoms with E-state index in [0.29, 0.717) is 25.4 Å². The van der Waals surface area contributed by atoms with Crippen LogP contribution in [0.2, 0.25) is 0 Å². The van der Waals surface area contributed by atoms with Crippen molar-refractivity contribution in [3.05, 3.63) is 0 Å². The average molecular weight is 202 g/mol. The van der Waals surface area contributed by atoms with Crippen molar-refractivity contribution in [2.45, 2.75) is 19.3 Å². The Bertz CT molecular complexity index is 225. The number of nitrogens with two attached hydrogens (primary N) is 1. The normalized spacial score (nSPS) is 18.2. The highest BCUT2D eigenvalue weighted by Gasteiger charge is 2.24. The van der Waals surface area contributed by atoms with Gasteiger partial charge in [0.25, 0.3) is 0 Å². The predicted molar refractivity (Wildman–Crippen MR) is 49.1 cm³/mol. The molecule has 0 spiro atoms. The first kappa shape index (κ1) is 10.9. The van der Waals surface area contributed by atoms with Crippen LogP contribution in [0.5, 0.6) is 0 Å². The Labute approximate surface area is 82.2 Å². The summed E-state index contributed by atoms with van der Waals surface area (Å²) < 4.78 is 12.0. The molecule has 0 saturated carbocycles. The first-order valence-electron chi connectivity index (χ1n) is 4.79. The lowest BCUT2D eigenvalue weighted by Gasteiger charge is -2.30. The minimum Gasteiger partial charge on any atom is -0.361 e. The number of hydrogen-bond donors (Lipinski definition) is 1. The van der Waals surface area contributed by atoms with Gasteiger partial charge in [0.1, 0.15) is 0 Å². The number of likely N-dealkylation sites (tertiary alicyclic amines) is 1. The molecule has 1 rings (SSSR count). The first-order chi connectivity index (χ1) is 6.65. The zero-order chi connectivity index (χ0) is 10.6. The van der Waals surface area contributed by atoms with Gasteiger partial charge in [-0.25, -0.2) is 0 Å². The van der Waals surface area contributed by atoms with E-state index in [0.717, 1.165) is 12.8 Å². The van der Waals surface area contributed by atoms with Gasteiger partial charge in [-0.15, -0.1) is 0 Å². The molecule has 14 heavy (non-hydrogen) atoms. The molecular formula is C9H15FN2O2.